The summed E-state index contributed by atoms with van der Waals surface area (Å²) in [5.74, 6) is 0. The average Bonchev–Trinajstić information content (AvgIpc) is 2.10. The Labute approximate surface area is 76.1 Å². The summed E-state index contributed by atoms with van der Waals surface area (Å²) in [5.41, 5.74) is 0. The molecule has 1 unspecified atom stereocenters. The molecule has 0 aromatic heterocycles. The lowest BCUT2D eigenvalue weighted by Gasteiger charge is -2.11. The first-order valence-corrected chi connectivity index (χ1v) is 4.74. The van der Waals surface area contributed by atoms with Crippen LogP contribution in [0.25, 0.3) is 0 Å². The largest absolute Gasteiger partial charge is 0.494 e. The molecule has 0 spiro atoms. The van der Waals surface area contributed by atoms with Gasteiger partial charge in [-0.2, -0.15) is 0 Å². The summed E-state index contributed by atoms with van der Waals surface area (Å²) in [6.07, 6.45) is 11.7. The number of unbranched alkanes of at least 4 members (excludes halogenated alkanes) is 1. The molecule has 1 nitrogen and oxygen atoms in total. The highest BCUT2D eigenvalue weighted by Gasteiger charge is 2.00. The van der Waals surface area contributed by atoms with Gasteiger partial charge in [0.25, 0.3) is 0 Å². The molecule has 12 heavy (non-hydrogen) atoms. The smallest absolute Gasteiger partial charge is 0.116 e. The molecule has 0 aliphatic heterocycles. The van der Waals surface area contributed by atoms with E-state index in [9.17, 15) is 0 Å². The molecule has 1 atom stereocenters. The Bertz CT molecular complexity index is 136. The number of allylic oxidation sites excluding steroid dienone is 2. The summed E-state index contributed by atoms with van der Waals surface area (Å²) in [7, 11) is 0. The normalized spacial score (nSPS) is 14.2. The van der Waals surface area contributed by atoms with E-state index in [0.29, 0.717) is 0 Å². The molecule has 0 fully saturated rings. The van der Waals surface area contributed by atoms with Crippen molar-refractivity contribution in [1.82, 2.24) is 0 Å². The molecule has 0 bridgehead atoms. The third-order valence-corrected chi connectivity index (χ3v) is 1.64. The Morgan fingerprint density at radius 2 is 2.00 bits per heavy atom. The predicted octanol–water partition coefficient (Wildman–Crippen LogP) is 3.67. The molecule has 0 aromatic carbocycles. The number of hydrogen-bond acceptors (Lipinski definition) is 1. The fourth-order valence-electron chi connectivity index (χ4n) is 1.01. The highest BCUT2D eigenvalue weighted by Crippen LogP contribution is 2.06. The third-order valence-electron chi connectivity index (χ3n) is 1.64. The maximum absolute atomic E-state index is 5.47. The van der Waals surface area contributed by atoms with E-state index in [1.54, 1.807) is 6.26 Å². The zero-order chi connectivity index (χ0) is 9.23. The van der Waals surface area contributed by atoms with E-state index in [1.807, 2.05) is 26.0 Å². The van der Waals surface area contributed by atoms with Crippen molar-refractivity contribution in [3.8, 4) is 0 Å². The van der Waals surface area contributed by atoms with Crippen LogP contribution < -0.4 is 0 Å². The minimum atomic E-state index is 0.270. The fraction of sp³-hybridized carbons (Fsp3) is 0.636. The van der Waals surface area contributed by atoms with Gasteiger partial charge in [0.1, 0.15) is 6.10 Å². The lowest BCUT2D eigenvalue weighted by molar-refractivity contribution is 0.174. The summed E-state index contributed by atoms with van der Waals surface area (Å²) in [6, 6.07) is 0. The van der Waals surface area contributed by atoms with E-state index >= 15 is 0 Å². The van der Waals surface area contributed by atoms with Crippen LogP contribution in [-0.2, 0) is 4.74 Å². The van der Waals surface area contributed by atoms with Crippen molar-refractivity contribution in [2.24, 2.45) is 0 Å². The molecular formula is C11H20O. The second-order valence-corrected chi connectivity index (χ2v) is 2.81. The summed E-state index contributed by atoms with van der Waals surface area (Å²) in [5, 5.41) is 0. The van der Waals surface area contributed by atoms with Crippen LogP contribution in [0.3, 0.4) is 0 Å². The second-order valence-electron chi connectivity index (χ2n) is 2.81. The summed E-state index contributed by atoms with van der Waals surface area (Å²) < 4.78 is 5.47. The van der Waals surface area contributed by atoms with Gasteiger partial charge in [-0.15, -0.1) is 0 Å². The molecule has 0 aliphatic carbocycles. The van der Waals surface area contributed by atoms with Crippen molar-refractivity contribution >= 4 is 0 Å². The van der Waals surface area contributed by atoms with Crippen LogP contribution in [0, 0.1) is 0 Å². The van der Waals surface area contributed by atoms with Crippen LogP contribution in [-0.4, -0.2) is 6.10 Å². The Morgan fingerprint density at radius 1 is 1.25 bits per heavy atom. The minimum absolute atomic E-state index is 0.270. The van der Waals surface area contributed by atoms with E-state index in [2.05, 4.69) is 13.0 Å². The highest BCUT2D eigenvalue weighted by molar-refractivity contribution is 4.88. The van der Waals surface area contributed by atoms with Gasteiger partial charge in [-0.25, -0.2) is 0 Å². The molecule has 0 rings (SSSR count). The van der Waals surface area contributed by atoms with Gasteiger partial charge >= 0.3 is 0 Å². The summed E-state index contributed by atoms with van der Waals surface area (Å²) in [6.45, 7) is 6.19. The van der Waals surface area contributed by atoms with Crippen LogP contribution in [0.4, 0.5) is 0 Å². The van der Waals surface area contributed by atoms with Crippen molar-refractivity contribution in [2.45, 2.75) is 46.1 Å². The van der Waals surface area contributed by atoms with E-state index in [1.165, 1.54) is 12.8 Å². The molecular weight excluding hydrogens is 148 g/mol. The van der Waals surface area contributed by atoms with Gasteiger partial charge < -0.3 is 4.74 Å². The van der Waals surface area contributed by atoms with Gasteiger partial charge in [0.2, 0.25) is 0 Å². The summed E-state index contributed by atoms with van der Waals surface area (Å²) in [4.78, 5) is 0. The zero-order valence-corrected chi connectivity index (χ0v) is 8.42. The first-order chi connectivity index (χ1) is 5.85. The van der Waals surface area contributed by atoms with Crippen LogP contribution in [0.2, 0.25) is 0 Å². The Kier molecular flexibility index (Phi) is 7.87. The van der Waals surface area contributed by atoms with Crippen molar-refractivity contribution in [1.29, 1.82) is 0 Å². The van der Waals surface area contributed by atoms with Gasteiger partial charge in [-0.3, -0.25) is 0 Å². The maximum Gasteiger partial charge on any atom is 0.116 e. The van der Waals surface area contributed by atoms with Crippen LogP contribution >= 0.6 is 0 Å². The predicted molar refractivity (Wildman–Crippen MR) is 54.0 cm³/mol. The average molecular weight is 168 g/mol. The first kappa shape index (κ1) is 11.3. The van der Waals surface area contributed by atoms with E-state index in [-0.39, 0.29) is 6.10 Å². The van der Waals surface area contributed by atoms with E-state index < -0.39 is 0 Å². The fourth-order valence-corrected chi connectivity index (χ4v) is 1.01. The van der Waals surface area contributed by atoms with Crippen molar-refractivity contribution in [2.75, 3.05) is 0 Å². The Balaban J connectivity index is 3.69. The zero-order valence-electron chi connectivity index (χ0n) is 8.42. The number of ether oxygens (including phenoxy) is 1. The molecule has 0 radical (unpaired) electrons. The highest BCUT2D eigenvalue weighted by atomic mass is 16.5. The SMILES string of the molecule is C/C=C\OC(/C=C/C)CCCC. The molecule has 0 aromatic rings. The molecule has 0 aliphatic rings. The van der Waals surface area contributed by atoms with Gasteiger partial charge in [0, 0.05) is 0 Å². The summed E-state index contributed by atoms with van der Waals surface area (Å²) >= 11 is 0. The topological polar surface area (TPSA) is 9.23 Å². The monoisotopic (exact) mass is 168 g/mol. The number of rotatable bonds is 6. The Morgan fingerprint density at radius 3 is 2.50 bits per heavy atom. The van der Waals surface area contributed by atoms with Gasteiger partial charge in [-0.05, 0) is 32.8 Å². The standard InChI is InChI=1S/C11H20O/c1-4-7-9-11(8-5-2)12-10-6-3/h5-6,8,10-11H,4,7,9H2,1-3H3/b8-5+,10-6-. The van der Waals surface area contributed by atoms with Crippen LogP contribution in [0.1, 0.15) is 40.0 Å². The van der Waals surface area contributed by atoms with E-state index in [0.717, 1.165) is 6.42 Å². The molecule has 0 saturated carbocycles. The third kappa shape index (κ3) is 6.02. The van der Waals surface area contributed by atoms with Crippen molar-refractivity contribution in [3.05, 3.63) is 24.5 Å². The lowest BCUT2D eigenvalue weighted by Crippen LogP contribution is -2.05. The Hall–Kier alpha value is -0.720. The van der Waals surface area contributed by atoms with Crippen molar-refractivity contribution in [3.63, 3.8) is 0 Å². The van der Waals surface area contributed by atoms with Crippen LogP contribution in [0.5, 0.6) is 0 Å². The molecule has 70 valence electrons. The lowest BCUT2D eigenvalue weighted by atomic mass is 10.1. The molecule has 0 amide bonds. The molecule has 1 heteroatoms. The maximum atomic E-state index is 5.47. The first-order valence-electron chi connectivity index (χ1n) is 4.74. The van der Waals surface area contributed by atoms with Gasteiger partial charge in [-0.1, -0.05) is 25.5 Å². The quantitative estimate of drug-likeness (QED) is 0.434. The molecule has 0 heterocycles. The second kappa shape index (κ2) is 8.38. The van der Waals surface area contributed by atoms with Gasteiger partial charge in [0.15, 0.2) is 0 Å². The van der Waals surface area contributed by atoms with E-state index in [4.69, 9.17) is 4.74 Å². The molecule has 0 saturated heterocycles. The van der Waals surface area contributed by atoms with Crippen LogP contribution in [0.15, 0.2) is 24.5 Å². The van der Waals surface area contributed by atoms with Crippen molar-refractivity contribution < 1.29 is 4.74 Å². The molecule has 0 N–H and O–H groups in total. The van der Waals surface area contributed by atoms with Gasteiger partial charge in [0.05, 0.1) is 6.26 Å². The minimum Gasteiger partial charge on any atom is -0.494 e. The number of hydrogen-bond donors (Lipinski definition) is 0.